The third-order valence-electron chi connectivity index (χ3n) is 9.71. The van der Waals surface area contributed by atoms with Gasteiger partial charge in [0.05, 0.1) is 18.1 Å². The van der Waals surface area contributed by atoms with Gasteiger partial charge in [-0.2, -0.15) is 0 Å². The minimum absolute atomic E-state index is 0.0664. The molecule has 0 bridgehead atoms. The van der Waals surface area contributed by atoms with E-state index < -0.39 is 5.41 Å². The van der Waals surface area contributed by atoms with Crippen LogP contribution in [0.3, 0.4) is 0 Å². The topological polar surface area (TPSA) is 108 Å². The van der Waals surface area contributed by atoms with E-state index in [0.29, 0.717) is 18.9 Å². The molecule has 232 valence electrons. The molecule has 1 N–H and O–H groups in total. The van der Waals surface area contributed by atoms with Gasteiger partial charge in [0.1, 0.15) is 0 Å². The van der Waals surface area contributed by atoms with Crippen LogP contribution >= 0.6 is 0 Å². The van der Waals surface area contributed by atoms with Gasteiger partial charge in [-0.1, -0.05) is 94.5 Å². The lowest BCUT2D eigenvalue weighted by Gasteiger charge is -2.44. The number of rotatable bonds is 11. The van der Waals surface area contributed by atoms with Crippen molar-refractivity contribution < 1.29 is 9.53 Å². The van der Waals surface area contributed by atoms with Gasteiger partial charge in [0.15, 0.2) is 5.82 Å². The number of carbonyl (C=O) groups is 1. The van der Waals surface area contributed by atoms with Gasteiger partial charge in [0.2, 0.25) is 0 Å². The van der Waals surface area contributed by atoms with Crippen molar-refractivity contribution in [1.82, 2.24) is 30.0 Å². The van der Waals surface area contributed by atoms with Crippen LogP contribution in [-0.4, -0.2) is 42.6 Å². The number of nitrogens with zero attached hydrogens (tertiary/aromatic N) is 5. The molecule has 3 heterocycles. The molecule has 4 aromatic rings. The zero-order valence-electron chi connectivity index (χ0n) is 26.1. The Morgan fingerprint density at radius 1 is 1.00 bits per heavy atom. The zero-order valence-corrected chi connectivity index (χ0v) is 26.1. The molecule has 0 amide bonds. The van der Waals surface area contributed by atoms with Gasteiger partial charge >= 0.3 is 5.97 Å². The summed E-state index contributed by atoms with van der Waals surface area (Å²) in [6.45, 7) is 5.55. The molecule has 9 nitrogen and oxygen atoms in total. The van der Waals surface area contributed by atoms with E-state index in [0.717, 1.165) is 111 Å². The fourth-order valence-corrected chi connectivity index (χ4v) is 7.50. The molecule has 1 aliphatic heterocycles. The fourth-order valence-electron chi connectivity index (χ4n) is 7.50. The number of tetrazole rings is 1. The standard InChI is InChI=1S/C35H44N6O3/c1-3-5-23-44-34(43)35(20-9-6-10-21-35)31-15-11-22-40-30(12-4-2)29(33(42)41(31)40)24-25-16-18-26(19-17-25)27-13-7-8-14-28(27)32-36-38-39-37-32/h7-8,13-14,16-19,31H,3-6,9-12,15,20-24H2,1-2H3,(H,36,37,38,39). The molecule has 6 rings (SSSR count). The van der Waals surface area contributed by atoms with Crippen LogP contribution in [0.5, 0.6) is 0 Å². The van der Waals surface area contributed by atoms with Crippen molar-refractivity contribution in [3.8, 4) is 22.5 Å². The SMILES string of the molecule is CCCCOC(=O)C1(C2CCCn3c(CCC)c(Cc4ccc(-c5ccccc5-c5nnn[nH]5)cc4)c(=O)n32)CCCCC1. The summed E-state index contributed by atoms with van der Waals surface area (Å²) in [6, 6.07) is 16.3. The lowest BCUT2D eigenvalue weighted by atomic mass is 9.67. The highest BCUT2D eigenvalue weighted by Crippen LogP contribution is 2.49. The molecule has 0 spiro atoms. The summed E-state index contributed by atoms with van der Waals surface area (Å²) < 4.78 is 10.1. The maximum absolute atomic E-state index is 14.4. The van der Waals surface area contributed by atoms with E-state index in [1.54, 1.807) is 0 Å². The molecule has 9 heteroatoms. The van der Waals surface area contributed by atoms with E-state index in [1.807, 2.05) is 22.9 Å². The number of aromatic nitrogens is 6. The number of aromatic amines is 1. The Balaban J connectivity index is 1.34. The Hall–Kier alpha value is -4.01. The summed E-state index contributed by atoms with van der Waals surface area (Å²) in [5.74, 6) is 0.536. The van der Waals surface area contributed by atoms with E-state index in [9.17, 15) is 9.59 Å². The summed E-state index contributed by atoms with van der Waals surface area (Å²) in [5.41, 5.74) is 5.55. The van der Waals surface area contributed by atoms with Crippen LogP contribution in [0, 0.1) is 5.41 Å². The van der Waals surface area contributed by atoms with E-state index >= 15 is 0 Å². The summed E-state index contributed by atoms with van der Waals surface area (Å²) in [4.78, 5) is 28.2. The second-order valence-electron chi connectivity index (χ2n) is 12.5. The first-order valence-electron chi connectivity index (χ1n) is 16.5. The Bertz CT molecular complexity index is 1610. The number of hydrogen-bond donors (Lipinski definition) is 1. The van der Waals surface area contributed by atoms with Crippen LogP contribution < -0.4 is 5.56 Å². The first-order valence-corrected chi connectivity index (χ1v) is 16.5. The second-order valence-corrected chi connectivity index (χ2v) is 12.5. The van der Waals surface area contributed by atoms with Crippen molar-refractivity contribution in [2.45, 2.75) is 103 Å². The van der Waals surface area contributed by atoms with E-state index in [2.05, 4.69) is 69.5 Å². The maximum Gasteiger partial charge on any atom is 0.314 e. The number of fused-ring (bicyclic) bond motifs is 1. The van der Waals surface area contributed by atoms with Gasteiger partial charge in [-0.3, -0.25) is 14.3 Å². The van der Waals surface area contributed by atoms with Crippen LogP contribution in [-0.2, 0) is 28.9 Å². The third kappa shape index (κ3) is 5.64. The summed E-state index contributed by atoms with van der Waals surface area (Å²) in [5, 5.41) is 14.4. The largest absolute Gasteiger partial charge is 0.465 e. The quantitative estimate of drug-likeness (QED) is 0.153. The Labute approximate surface area is 259 Å². The van der Waals surface area contributed by atoms with Gasteiger partial charge in [0.25, 0.3) is 5.56 Å². The van der Waals surface area contributed by atoms with E-state index in [4.69, 9.17) is 4.74 Å². The lowest BCUT2D eigenvalue weighted by Crippen LogP contribution is -2.48. The average molecular weight is 597 g/mol. The molecule has 1 fully saturated rings. The predicted molar refractivity (Wildman–Crippen MR) is 170 cm³/mol. The zero-order chi connectivity index (χ0) is 30.5. The van der Waals surface area contributed by atoms with Crippen LogP contribution in [0.15, 0.2) is 53.3 Å². The molecule has 44 heavy (non-hydrogen) atoms. The molecule has 1 saturated carbocycles. The monoisotopic (exact) mass is 596 g/mol. The molecule has 1 aliphatic carbocycles. The lowest BCUT2D eigenvalue weighted by molar-refractivity contribution is -0.163. The number of ether oxygens (including phenoxy) is 1. The van der Waals surface area contributed by atoms with Crippen molar-refractivity contribution in [2.75, 3.05) is 6.61 Å². The average Bonchev–Trinajstić information content (AvgIpc) is 3.70. The van der Waals surface area contributed by atoms with Crippen LogP contribution in [0.1, 0.15) is 101 Å². The first-order chi connectivity index (χ1) is 21.6. The summed E-state index contributed by atoms with van der Waals surface area (Å²) >= 11 is 0. The number of benzene rings is 2. The van der Waals surface area contributed by atoms with Crippen LogP contribution in [0.25, 0.3) is 22.5 Å². The van der Waals surface area contributed by atoms with Gasteiger partial charge in [-0.15, -0.1) is 5.10 Å². The van der Waals surface area contributed by atoms with E-state index in [-0.39, 0.29) is 17.6 Å². The maximum atomic E-state index is 14.4. The summed E-state index contributed by atoms with van der Waals surface area (Å²) in [6.07, 6.45) is 10.8. The molecular formula is C35H44N6O3. The Morgan fingerprint density at radius 2 is 1.77 bits per heavy atom. The predicted octanol–water partition coefficient (Wildman–Crippen LogP) is 6.67. The number of carbonyl (C=O) groups excluding carboxylic acids is 1. The Morgan fingerprint density at radius 3 is 2.48 bits per heavy atom. The van der Waals surface area contributed by atoms with Crippen molar-refractivity contribution in [3.05, 3.63) is 75.7 Å². The fraction of sp³-hybridized carbons (Fsp3) is 0.514. The molecule has 1 unspecified atom stereocenters. The normalized spacial score (nSPS) is 17.7. The van der Waals surface area contributed by atoms with Gasteiger partial charge < -0.3 is 4.74 Å². The smallest absolute Gasteiger partial charge is 0.314 e. The van der Waals surface area contributed by atoms with Gasteiger partial charge in [-0.25, -0.2) is 9.78 Å². The first kappa shape index (κ1) is 30.0. The van der Waals surface area contributed by atoms with Crippen molar-refractivity contribution >= 4 is 5.97 Å². The molecule has 1 atom stereocenters. The minimum atomic E-state index is -0.624. The van der Waals surface area contributed by atoms with Crippen molar-refractivity contribution in [3.63, 3.8) is 0 Å². The highest BCUT2D eigenvalue weighted by Gasteiger charge is 2.50. The molecule has 0 radical (unpaired) electrons. The Kier molecular flexibility index (Phi) is 9.09. The van der Waals surface area contributed by atoms with Crippen molar-refractivity contribution in [1.29, 1.82) is 0 Å². The number of esters is 1. The molecule has 2 aromatic carbocycles. The molecule has 2 aromatic heterocycles. The molecule has 0 saturated heterocycles. The highest BCUT2D eigenvalue weighted by molar-refractivity contribution is 5.80. The van der Waals surface area contributed by atoms with Crippen LogP contribution in [0.2, 0.25) is 0 Å². The third-order valence-corrected chi connectivity index (χ3v) is 9.71. The second kappa shape index (κ2) is 13.3. The highest BCUT2D eigenvalue weighted by atomic mass is 16.5. The molecular weight excluding hydrogens is 552 g/mol. The van der Waals surface area contributed by atoms with Crippen molar-refractivity contribution in [2.24, 2.45) is 5.41 Å². The number of H-pyrrole nitrogens is 1. The molecule has 2 aliphatic rings. The van der Waals surface area contributed by atoms with Crippen LogP contribution in [0.4, 0.5) is 0 Å². The minimum Gasteiger partial charge on any atom is -0.465 e. The van der Waals surface area contributed by atoms with Gasteiger partial charge in [0, 0.05) is 29.8 Å². The van der Waals surface area contributed by atoms with E-state index in [1.165, 1.54) is 0 Å². The number of nitrogens with one attached hydrogen (secondary N) is 1. The van der Waals surface area contributed by atoms with Gasteiger partial charge in [-0.05, 0) is 65.6 Å². The summed E-state index contributed by atoms with van der Waals surface area (Å²) in [7, 11) is 0. The number of unbranched alkanes of at least 4 members (excludes halogenated alkanes) is 1. The number of hydrogen-bond acceptors (Lipinski definition) is 6.